The van der Waals surface area contributed by atoms with Gasteiger partial charge in [0, 0.05) is 24.0 Å². The van der Waals surface area contributed by atoms with Crippen molar-refractivity contribution in [2.45, 2.75) is 18.9 Å². The molecule has 21 heavy (non-hydrogen) atoms. The molecule has 5 nitrogen and oxygen atoms in total. The number of carbonyl (C=O) groups is 1. The number of benzene rings is 1. The number of hydrogen-bond donors (Lipinski definition) is 2. The van der Waals surface area contributed by atoms with Crippen LogP contribution in [0.4, 0.5) is 15.8 Å². The number of methoxy groups -OCH3 is 1. The standard InChI is InChI=1S/C15H16FN3O2/c1-21-14-5-2-10(7-12(14)16)18-15(20)13-6-9(17)8-19(13)11-3-4-11/h2,5-8,11H,3-4,17H2,1H3,(H,18,20). The van der Waals surface area contributed by atoms with Crippen LogP contribution >= 0.6 is 0 Å². The lowest BCUT2D eigenvalue weighted by atomic mass is 10.2. The Kier molecular flexibility index (Phi) is 3.29. The van der Waals surface area contributed by atoms with Gasteiger partial charge in [-0.3, -0.25) is 4.79 Å². The molecule has 0 bridgehead atoms. The molecule has 0 unspecified atom stereocenters. The topological polar surface area (TPSA) is 69.3 Å². The van der Waals surface area contributed by atoms with E-state index in [0.717, 1.165) is 12.8 Å². The van der Waals surface area contributed by atoms with Crippen molar-refractivity contribution in [3.8, 4) is 5.75 Å². The normalized spacial score (nSPS) is 14.0. The molecule has 0 radical (unpaired) electrons. The first-order valence-corrected chi connectivity index (χ1v) is 6.70. The van der Waals surface area contributed by atoms with Gasteiger partial charge in [-0.25, -0.2) is 4.39 Å². The number of aromatic nitrogens is 1. The zero-order valence-corrected chi connectivity index (χ0v) is 11.6. The van der Waals surface area contributed by atoms with Gasteiger partial charge in [0.05, 0.1) is 12.8 Å². The molecular formula is C15H16FN3O2. The lowest BCUT2D eigenvalue weighted by Crippen LogP contribution is -2.16. The summed E-state index contributed by atoms with van der Waals surface area (Å²) < 4.78 is 20.3. The lowest BCUT2D eigenvalue weighted by Gasteiger charge is -2.09. The van der Waals surface area contributed by atoms with Crippen molar-refractivity contribution in [2.75, 3.05) is 18.2 Å². The summed E-state index contributed by atoms with van der Waals surface area (Å²) in [7, 11) is 1.39. The van der Waals surface area contributed by atoms with Gasteiger partial charge in [-0.05, 0) is 31.0 Å². The van der Waals surface area contributed by atoms with E-state index < -0.39 is 5.82 Å². The Morgan fingerprint density at radius 3 is 2.81 bits per heavy atom. The molecule has 1 heterocycles. The number of nitrogens with zero attached hydrogens (tertiary/aromatic N) is 1. The Morgan fingerprint density at radius 2 is 2.19 bits per heavy atom. The summed E-state index contributed by atoms with van der Waals surface area (Å²) >= 11 is 0. The van der Waals surface area contributed by atoms with Gasteiger partial charge in [0.25, 0.3) is 5.91 Å². The SMILES string of the molecule is COc1ccc(NC(=O)c2cc(N)cn2C2CC2)cc1F. The molecule has 1 aromatic heterocycles. The van der Waals surface area contributed by atoms with Crippen LogP contribution in [0.5, 0.6) is 5.75 Å². The fraction of sp³-hybridized carbons (Fsp3) is 0.267. The van der Waals surface area contributed by atoms with Gasteiger partial charge in [-0.2, -0.15) is 0 Å². The third-order valence-corrected chi connectivity index (χ3v) is 3.45. The maximum absolute atomic E-state index is 13.6. The summed E-state index contributed by atoms with van der Waals surface area (Å²) in [5.41, 5.74) is 7.18. The quantitative estimate of drug-likeness (QED) is 0.909. The first kappa shape index (κ1) is 13.5. The van der Waals surface area contributed by atoms with Crippen molar-refractivity contribution in [1.29, 1.82) is 0 Å². The molecule has 1 fully saturated rings. The van der Waals surface area contributed by atoms with E-state index in [1.54, 1.807) is 18.3 Å². The Balaban J connectivity index is 1.81. The molecule has 0 aliphatic heterocycles. The van der Waals surface area contributed by atoms with Crippen LogP contribution in [0.15, 0.2) is 30.5 Å². The van der Waals surface area contributed by atoms with Crippen LogP contribution in [0.3, 0.4) is 0 Å². The first-order valence-electron chi connectivity index (χ1n) is 6.70. The monoisotopic (exact) mass is 289 g/mol. The predicted molar refractivity (Wildman–Crippen MR) is 78.0 cm³/mol. The van der Waals surface area contributed by atoms with E-state index in [1.807, 2.05) is 4.57 Å². The minimum absolute atomic E-state index is 0.138. The Bertz CT molecular complexity index is 692. The molecular weight excluding hydrogens is 273 g/mol. The van der Waals surface area contributed by atoms with Crippen LogP contribution in [0.1, 0.15) is 29.4 Å². The minimum atomic E-state index is -0.521. The van der Waals surface area contributed by atoms with Crippen molar-refractivity contribution < 1.29 is 13.9 Å². The highest BCUT2D eigenvalue weighted by Crippen LogP contribution is 2.37. The number of ether oxygens (including phenoxy) is 1. The van der Waals surface area contributed by atoms with Gasteiger partial charge in [-0.1, -0.05) is 0 Å². The van der Waals surface area contributed by atoms with Gasteiger partial charge in [0.1, 0.15) is 5.69 Å². The fourth-order valence-corrected chi connectivity index (χ4v) is 2.28. The van der Waals surface area contributed by atoms with Crippen molar-refractivity contribution in [3.05, 3.63) is 42.0 Å². The van der Waals surface area contributed by atoms with Crippen LogP contribution in [-0.4, -0.2) is 17.6 Å². The summed E-state index contributed by atoms with van der Waals surface area (Å²) in [6.07, 6.45) is 3.86. The largest absolute Gasteiger partial charge is 0.494 e. The van der Waals surface area contributed by atoms with E-state index in [0.29, 0.717) is 23.1 Å². The highest BCUT2D eigenvalue weighted by atomic mass is 19.1. The van der Waals surface area contributed by atoms with E-state index in [2.05, 4.69) is 5.32 Å². The van der Waals surface area contributed by atoms with E-state index in [4.69, 9.17) is 10.5 Å². The summed E-state index contributed by atoms with van der Waals surface area (Å²) in [4.78, 5) is 12.3. The second-order valence-corrected chi connectivity index (χ2v) is 5.10. The molecule has 0 atom stereocenters. The molecule has 1 amide bonds. The number of nitrogens with one attached hydrogen (secondary N) is 1. The second-order valence-electron chi connectivity index (χ2n) is 5.10. The highest BCUT2D eigenvalue weighted by molar-refractivity contribution is 6.04. The second kappa shape index (κ2) is 5.12. The molecule has 1 aromatic carbocycles. The van der Waals surface area contributed by atoms with Crippen LogP contribution < -0.4 is 15.8 Å². The van der Waals surface area contributed by atoms with Gasteiger partial charge < -0.3 is 20.4 Å². The predicted octanol–water partition coefficient (Wildman–Crippen LogP) is 2.81. The molecule has 3 rings (SSSR count). The van der Waals surface area contributed by atoms with Crippen molar-refractivity contribution in [2.24, 2.45) is 0 Å². The number of nitrogens with two attached hydrogens (primary N) is 1. The number of rotatable bonds is 4. The summed E-state index contributed by atoms with van der Waals surface area (Å²) in [6, 6.07) is 6.26. The van der Waals surface area contributed by atoms with Crippen LogP contribution in [-0.2, 0) is 0 Å². The number of amides is 1. The van der Waals surface area contributed by atoms with E-state index >= 15 is 0 Å². The fourth-order valence-electron chi connectivity index (χ4n) is 2.28. The number of nitrogen functional groups attached to an aromatic ring is 1. The molecule has 1 aliphatic carbocycles. The average Bonchev–Trinajstić information content (AvgIpc) is 3.21. The summed E-state index contributed by atoms with van der Waals surface area (Å²) in [5.74, 6) is -0.686. The van der Waals surface area contributed by atoms with Gasteiger partial charge in [0.2, 0.25) is 0 Å². The molecule has 6 heteroatoms. The lowest BCUT2D eigenvalue weighted by molar-refractivity contribution is 0.101. The van der Waals surface area contributed by atoms with Crippen LogP contribution in [0.2, 0.25) is 0 Å². The van der Waals surface area contributed by atoms with E-state index in [9.17, 15) is 9.18 Å². The van der Waals surface area contributed by atoms with Crippen molar-refractivity contribution >= 4 is 17.3 Å². The number of hydrogen-bond acceptors (Lipinski definition) is 3. The Morgan fingerprint density at radius 1 is 1.43 bits per heavy atom. The molecule has 0 saturated heterocycles. The number of halogens is 1. The van der Waals surface area contributed by atoms with Gasteiger partial charge >= 0.3 is 0 Å². The number of carbonyl (C=O) groups excluding carboxylic acids is 1. The molecule has 0 spiro atoms. The maximum Gasteiger partial charge on any atom is 0.272 e. The minimum Gasteiger partial charge on any atom is -0.494 e. The highest BCUT2D eigenvalue weighted by Gasteiger charge is 2.27. The first-order chi connectivity index (χ1) is 10.1. The smallest absolute Gasteiger partial charge is 0.272 e. The van der Waals surface area contributed by atoms with Crippen LogP contribution in [0.25, 0.3) is 0 Å². The summed E-state index contributed by atoms with van der Waals surface area (Å²) in [6.45, 7) is 0. The Labute approximate surface area is 121 Å². The number of anilines is 2. The Hall–Kier alpha value is -2.50. The summed E-state index contributed by atoms with van der Waals surface area (Å²) in [5, 5.41) is 2.68. The molecule has 1 aliphatic rings. The molecule has 3 N–H and O–H groups in total. The maximum atomic E-state index is 13.6. The molecule has 1 saturated carbocycles. The van der Waals surface area contributed by atoms with Crippen LogP contribution in [0, 0.1) is 5.82 Å². The third-order valence-electron chi connectivity index (χ3n) is 3.45. The third kappa shape index (κ3) is 2.69. The van der Waals surface area contributed by atoms with Gasteiger partial charge in [-0.15, -0.1) is 0 Å². The van der Waals surface area contributed by atoms with Crippen molar-refractivity contribution in [3.63, 3.8) is 0 Å². The molecule has 110 valence electrons. The zero-order chi connectivity index (χ0) is 15.0. The van der Waals surface area contributed by atoms with E-state index in [-0.39, 0.29) is 11.7 Å². The van der Waals surface area contributed by atoms with Crippen molar-refractivity contribution in [1.82, 2.24) is 4.57 Å². The zero-order valence-electron chi connectivity index (χ0n) is 11.6. The average molecular weight is 289 g/mol. The molecule has 2 aromatic rings. The van der Waals surface area contributed by atoms with Gasteiger partial charge in [0.15, 0.2) is 11.6 Å². The van der Waals surface area contributed by atoms with E-state index in [1.165, 1.54) is 19.2 Å².